The summed E-state index contributed by atoms with van der Waals surface area (Å²) in [5, 5.41) is 36.9. The van der Waals surface area contributed by atoms with E-state index < -0.39 is 23.2 Å². The number of nitrogens with two attached hydrogens (primary N) is 2. The highest BCUT2D eigenvalue weighted by Gasteiger charge is 2.25. The quantitative estimate of drug-likeness (QED) is 0.124. The number of aromatic nitrogens is 4. The minimum absolute atomic E-state index is 0.140. The lowest BCUT2D eigenvalue weighted by atomic mass is 10.2. The van der Waals surface area contributed by atoms with Crippen molar-refractivity contribution in [1.29, 1.82) is 0 Å². The summed E-state index contributed by atoms with van der Waals surface area (Å²) < 4.78 is 10.1. The van der Waals surface area contributed by atoms with Crippen molar-refractivity contribution in [3.8, 4) is 0 Å². The molecule has 16 nitrogen and oxygen atoms in total. The maximum atomic E-state index is 12.1. The molecule has 3 aromatic rings. The summed E-state index contributed by atoms with van der Waals surface area (Å²) in [6.45, 7) is 0. The second-order valence-electron chi connectivity index (χ2n) is 5.64. The molecule has 3 rings (SSSR count). The molecule has 0 spiro atoms. The summed E-state index contributed by atoms with van der Waals surface area (Å²) in [4.78, 5) is 23.9. The summed E-state index contributed by atoms with van der Waals surface area (Å²) in [5.41, 5.74) is 15.2. The van der Waals surface area contributed by atoms with Crippen molar-refractivity contribution in [2.75, 3.05) is 24.0 Å². The number of rotatable bonds is 8. The molecule has 33 heavy (non-hydrogen) atoms. The van der Waals surface area contributed by atoms with E-state index in [9.17, 15) is 20.0 Å². The summed E-state index contributed by atoms with van der Waals surface area (Å²) in [5.74, 6) is -2.63. The fourth-order valence-electron chi connectivity index (χ4n) is 2.29. The number of carbonyl (C=O) groups is 2. The number of carbonyl (C=O) groups excluding carboxylic acids is 2. The molecule has 0 aliphatic rings. The van der Waals surface area contributed by atoms with Crippen molar-refractivity contribution in [2.24, 2.45) is 10.2 Å². The van der Waals surface area contributed by atoms with Gasteiger partial charge in [0.05, 0.1) is 31.2 Å². The van der Waals surface area contributed by atoms with Gasteiger partial charge in [0.2, 0.25) is 0 Å². The SMILES string of the molecule is CSc1sc(SC)c(/C=N/NC(=O)c2c(N)no[n+]2[O-])c1/C=N/NC(=O)c1c(N)no[n+]1[O-]. The number of hydrogen-bond donors (Lipinski definition) is 4. The third kappa shape index (κ3) is 4.99. The Kier molecular flexibility index (Phi) is 7.35. The monoisotopic (exact) mass is 514 g/mol. The average molecular weight is 515 g/mol. The van der Waals surface area contributed by atoms with Crippen LogP contribution in [0.3, 0.4) is 0 Å². The Hall–Kier alpha value is -3.84. The number of amides is 2. The van der Waals surface area contributed by atoms with Crippen molar-refractivity contribution in [2.45, 2.75) is 8.42 Å². The van der Waals surface area contributed by atoms with Gasteiger partial charge < -0.3 is 21.9 Å². The zero-order valence-electron chi connectivity index (χ0n) is 16.7. The number of thiophene rings is 1. The van der Waals surface area contributed by atoms with Crippen LogP contribution in [0.4, 0.5) is 11.6 Å². The van der Waals surface area contributed by atoms with Gasteiger partial charge in [-0.15, -0.1) is 34.9 Å². The third-order valence-corrected chi connectivity index (χ3v) is 7.20. The van der Waals surface area contributed by atoms with Crippen LogP contribution in [0.1, 0.15) is 32.1 Å². The predicted molar refractivity (Wildman–Crippen MR) is 118 cm³/mol. The van der Waals surface area contributed by atoms with Crippen LogP contribution in [0.5, 0.6) is 0 Å². The van der Waals surface area contributed by atoms with Gasteiger partial charge >= 0.3 is 34.8 Å². The Bertz CT molecular complexity index is 1120. The van der Waals surface area contributed by atoms with Crippen molar-refractivity contribution < 1.29 is 28.7 Å². The van der Waals surface area contributed by atoms with Gasteiger partial charge in [0.1, 0.15) is 0 Å². The smallest absolute Gasteiger partial charge is 0.322 e. The summed E-state index contributed by atoms with van der Waals surface area (Å²) in [7, 11) is 0. The maximum Gasteiger partial charge on any atom is 0.322 e. The van der Waals surface area contributed by atoms with E-state index in [4.69, 9.17) is 11.5 Å². The zero-order chi connectivity index (χ0) is 24.1. The number of hydrogen-bond acceptors (Lipinski definition) is 15. The van der Waals surface area contributed by atoms with Gasteiger partial charge in [-0.3, -0.25) is 18.8 Å². The van der Waals surface area contributed by atoms with Crippen LogP contribution in [-0.4, -0.2) is 47.1 Å². The van der Waals surface area contributed by atoms with E-state index in [1.165, 1.54) is 47.3 Å². The van der Waals surface area contributed by atoms with Gasteiger partial charge in [-0.2, -0.15) is 10.2 Å². The highest BCUT2D eigenvalue weighted by Crippen LogP contribution is 2.38. The van der Waals surface area contributed by atoms with Gasteiger partial charge in [0, 0.05) is 11.1 Å². The molecule has 0 aliphatic heterocycles. The predicted octanol–water partition coefficient (Wildman–Crippen LogP) is -0.873. The van der Waals surface area contributed by atoms with Crippen LogP contribution in [0.2, 0.25) is 0 Å². The number of nitrogen functional groups attached to an aromatic ring is 2. The van der Waals surface area contributed by atoms with E-state index in [1.54, 1.807) is 0 Å². The second-order valence-corrected chi connectivity index (χ2v) is 8.81. The van der Waals surface area contributed by atoms with Crippen LogP contribution in [-0.2, 0) is 0 Å². The van der Waals surface area contributed by atoms with Crippen LogP contribution in [0.15, 0.2) is 27.9 Å². The molecule has 0 fully saturated rings. The summed E-state index contributed by atoms with van der Waals surface area (Å²) >= 11 is 4.27. The Labute approximate surface area is 196 Å². The van der Waals surface area contributed by atoms with E-state index >= 15 is 0 Å². The van der Waals surface area contributed by atoms with Crippen molar-refractivity contribution in [3.63, 3.8) is 0 Å². The molecule has 0 aromatic carbocycles. The average Bonchev–Trinajstić information content (AvgIpc) is 3.42. The minimum Gasteiger partial charge on any atom is -0.359 e. The molecular weight excluding hydrogens is 500 g/mol. The van der Waals surface area contributed by atoms with E-state index in [2.05, 4.69) is 40.6 Å². The highest BCUT2D eigenvalue weighted by atomic mass is 32.2. The molecule has 2 amide bonds. The first-order valence-corrected chi connectivity index (χ1v) is 11.7. The number of thioether (sulfide) groups is 2. The first-order chi connectivity index (χ1) is 15.8. The molecule has 0 unspecified atom stereocenters. The van der Waals surface area contributed by atoms with Gasteiger partial charge in [0.15, 0.2) is 0 Å². The topological polar surface area (TPSA) is 241 Å². The van der Waals surface area contributed by atoms with Gasteiger partial charge in [-0.05, 0) is 22.3 Å². The Balaban J connectivity index is 1.81. The van der Waals surface area contributed by atoms with Gasteiger partial charge in [-0.25, -0.2) is 10.9 Å². The van der Waals surface area contributed by atoms with Crippen molar-refractivity contribution in [3.05, 3.63) is 32.9 Å². The van der Waals surface area contributed by atoms with E-state index in [1.807, 2.05) is 12.5 Å². The Morgan fingerprint density at radius 1 is 0.939 bits per heavy atom. The maximum absolute atomic E-state index is 12.1. The third-order valence-electron chi connectivity index (χ3n) is 3.71. The normalized spacial score (nSPS) is 11.5. The number of nitrogens with zero attached hydrogens (tertiary/aromatic N) is 6. The fourth-order valence-corrected chi connectivity index (χ4v) is 5.10. The molecule has 6 N–H and O–H groups in total. The first-order valence-electron chi connectivity index (χ1n) is 8.40. The van der Waals surface area contributed by atoms with Crippen molar-refractivity contribution in [1.82, 2.24) is 21.2 Å². The van der Waals surface area contributed by atoms with E-state index in [-0.39, 0.29) is 21.4 Å². The first kappa shape index (κ1) is 23.8. The van der Waals surface area contributed by atoms with Crippen LogP contribution in [0, 0.1) is 10.4 Å². The summed E-state index contributed by atoms with van der Waals surface area (Å²) in [6.07, 6.45) is 6.36. The Morgan fingerprint density at radius 3 is 1.64 bits per heavy atom. The molecule has 0 aliphatic carbocycles. The molecular formula is C14H14N10O6S3. The van der Waals surface area contributed by atoms with Crippen LogP contribution >= 0.6 is 34.9 Å². The molecule has 0 saturated heterocycles. The molecule has 3 aromatic heterocycles. The lowest BCUT2D eigenvalue weighted by Gasteiger charge is -2.00. The van der Waals surface area contributed by atoms with Crippen molar-refractivity contribution >= 4 is 70.7 Å². The largest absolute Gasteiger partial charge is 0.359 e. The second kappa shape index (κ2) is 10.2. The van der Waals surface area contributed by atoms with Gasteiger partial charge in [0.25, 0.3) is 0 Å². The zero-order valence-corrected chi connectivity index (χ0v) is 19.1. The van der Waals surface area contributed by atoms with Crippen LogP contribution < -0.4 is 32.1 Å². The molecule has 0 atom stereocenters. The molecule has 0 radical (unpaired) electrons. The number of hydrazone groups is 2. The van der Waals surface area contributed by atoms with E-state index in [0.717, 1.165) is 8.42 Å². The number of anilines is 2. The molecule has 174 valence electrons. The molecule has 0 bridgehead atoms. The highest BCUT2D eigenvalue weighted by molar-refractivity contribution is 8.02. The number of nitrogens with one attached hydrogen (secondary N) is 2. The van der Waals surface area contributed by atoms with E-state index in [0.29, 0.717) is 11.1 Å². The summed E-state index contributed by atoms with van der Waals surface area (Å²) in [6, 6.07) is 0. The molecule has 0 saturated carbocycles. The lowest BCUT2D eigenvalue weighted by molar-refractivity contribution is -0.803. The molecule has 19 heteroatoms. The minimum atomic E-state index is -0.925. The van der Waals surface area contributed by atoms with Gasteiger partial charge in [-0.1, -0.05) is 0 Å². The Morgan fingerprint density at radius 2 is 1.33 bits per heavy atom. The lowest BCUT2D eigenvalue weighted by Crippen LogP contribution is -2.36. The molecule has 3 heterocycles. The fraction of sp³-hybridized carbons (Fsp3) is 0.143. The van der Waals surface area contributed by atoms with Crippen LogP contribution in [0.25, 0.3) is 0 Å². The standard InChI is InChI=1S/C14H14N10O6S3/c1-31-13-5(3-17-19-11(25)7-9(15)21-29-23(7)27)6(14(32-2)33-13)4-18-20-12(26)8-10(16)22-30-24(8)28/h3-4H,1-2H3,(H2,15,21)(H2,16,22)(H,19,25)(H,20,26)/b17-3+,18-4+.